The largest absolute Gasteiger partial charge is 0.478 e. The molecular formula is C15H17NO4S2. The molecule has 2 rings (SSSR count). The number of hydrogen-bond acceptors (Lipinski definition) is 4. The van der Waals surface area contributed by atoms with Gasteiger partial charge in [0.2, 0.25) is 10.0 Å². The Morgan fingerprint density at radius 2 is 2.05 bits per heavy atom. The number of aryl methyl sites for hydroxylation is 1. The second kappa shape index (κ2) is 6.60. The molecule has 118 valence electrons. The highest BCUT2D eigenvalue weighted by molar-refractivity contribution is 7.89. The van der Waals surface area contributed by atoms with Crippen LogP contribution in [0.15, 0.2) is 40.6 Å². The zero-order valence-electron chi connectivity index (χ0n) is 12.3. The molecule has 1 N–H and O–H groups in total. The highest BCUT2D eigenvalue weighted by Gasteiger charge is 2.22. The minimum absolute atomic E-state index is 0.00387. The molecule has 0 fully saturated rings. The molecule has 0 saturated carbocycles. The first-order valence-corrected chi connectivity index (χ1v) is 8.97. The first kappa shape index (κ1) is 16.7. The summed E-state index contributed by atoms with van der Waals surface area (Å²) in [7, 11) is -2.19. The Morgan fingerprint density at radius 1 is 1.32 bits per heavy atom. The molecule has 0 unspecified atom stereocenters. The predicted molar refractivity (Wildman–Crippen MR) is 86.0 cm³/mol. The SMILES string of the molecule is Cc1ccc(S(=O)(=O)N(C)CCc2cccs2)cc1C(=O)O. The van der Waals surface area contributed by atoms with Gasteiger partial charge in [0, 0.05) is 18.5 Å². The first-order valence-electron chi connectivity index (χ1n) is 6.65. The summed E-state index contributed by atoms with van der Waals surface area (Å²) < 4.78 is 26.3. The van der Waals surface area contributed by atoms with Crippen molar-refractivity contribution in [2.24, 2.45) is 0 Å². The monoisotopic (exact) mass is 339 g/mol. The Balaban J connectivity index is 2.22. The number of likely N-dealkylation sites (N-methyl/N-ethyl adjacent to an activating group) is 1. The highest BCUT2D eigenvalue weighted by Crippen LogP contribution is 2.19. The van der Waals surface area contributed by atoms with E-state index in [9.17, 15) is 13.2 Å². The number of thiophene rings is 1. The average molecular weight is 339 g/mol. The molecule has 0 aliphatic carbocycles. The maximum Gasteiger partial charge on any atom is 0.335 e. The van der Waals surface area contributed by atoms with Crippen LogP contribution in [0.1, 0.15) is 20.8 Å². The van der Waals surface area contributed by atoms with E-state index in [1.54, 1.807) is 18.3 Å². The number of benzene rings is 1. The minimum Gasteiger partial charge on any atom is -0.478 e. The molecule has 0 radical (unpaired) electrons. The second-order valence-electron chi connectivity index (χ2n) is 4.94. The fourth-order valence-corrected chi connectivity index (χ4v) is 3.91. The van der Waals surface area contributed by atoms with Crippen molar-refractivity contribution < 1.29 is 18.3 Å². The van der Waals surface area contributed by atoms with Crippen LogP contribution in [0.2, 0.25) is 0 Å². The number of carboxylic acid groups (broad SMARTS) is 1. The lowest BCUT2D eigenvalue weighted by atomic mass is 10.1. The Labute approximate surface area is 133 Å². The van der Waals surface area contributed by atoms with Crippen LogP contribution in [0.4, 0.5) is 0 Å². The number of nitrogens with zero attached hydrogens (tertiary/aromatic N) is 1. The van der Waals surface area contributed by atoms with Crippen LogP contribution in [-0.4, -0.2) is 37.4 Å². The summed E-state index contributed by atoms with van der Waals surface area (Å²) in [5.74, 6) is -1.13. The van der Waals surface area contributed by atoms with Crippen molar-refractivity contribution in [3.63, 3.8) is 0 Å². The number of sulfonamides is 1. The van der Waals surface area contributed by atoms with E-state index in [1.807, 2.05) is 17.5 Å². The Hall–Kier alpha value is -1.70. The lowest BCUT2D eigenvalue weighted by Crippen LogP contribution is -2.29. The third kappa shape index (κ3) is 3.55. The van der Waals surface area contributed by atoms with Gasteiger partial charge in [0.25, 0.3) is 0 Å². The third-order valence-corrected chi connectivity index (χ3v) is 6.19. The summed E-state index contributed by atoms with van der Waals surface area (Å²) in [4.78, 5) is 12.3. The van der Waals surface area contributed by atoms with E-state index in [0.717, 1.165) is 4.88 Å². The molecule has 0 spiro atoms. The van der Waals surface area contributed by atoms with E-state index in [2.05, 4.69) is 0 Å². The molecule has 0 saturated heterocycles. The van der Waals surface area contributed by atoms with Gasteiger partial charge in [0.15, 0.2) is 0 Å². The zero-order valence-corrected chi connectivity index (χ0v) is 13.9. The van der Waals surface area contributed by atoms with Crippen molar-refractivity contribution in [2.75, 3.05) is 13.6 Å². The van der Waals surface area contributed by atoms with Crippen LogP contribution >= 0.6 is 11.3 Å². The molecule has 0 aliphatic heterocycles. The molecule has 0 amide bonds. The van der Waals surface area contributed by atoms with Gasteiger partial charge in [-0.1, -0.05) is 12.1 Å². The van der Waals surface area contributed by atoms with Crippen molar-refractivity contribution in [1.29, 1.82) is 0 Å². The number of rotatable bonds is 6. The van der Waals surface area contributed by atoms with Gasteiger partial charge in [-0.3, -0.25) is 0 Å². The summed E-state index contributed by atoms with van der Waals surface area (Å²) in [6.45, 7) is 1.99. The van der Waals surface area contributed by atoms with Gasteiger partial charge >= 0.3 is 5.97 Å². The molecule has 22 heavy (non-hydrogen) atoms. The van der Waals surface area contributed by atoms with E-state index < -0.39 is 16.0 Å². The minimum atomic E-state index is -3.69. The summed E-state index contributed by atoms with van der Waals surface area (Å²) in [5, 5.41) is 11.1. The van der Waals surface area contributed by atoms with Gasteiger partial charge in [-0.2, -0.15) is 0 Å². The van der Waals surface area contributed by atoms with E-state index >= 15 is 0 Å². The Morgan fingerprint density at radius 3 is 2.64 bits per heavy atom. The molecule has 0 aliphatic rings. The van der Waals surface area contributed by atoms with Crippen molar-refractivity contribution in [1.82, 2.24) is 4.31 Å². The molecule has 1 aromatic carbocycles. The van der Waals surface area contributed by atoms with E-state index in [-0.39, 0.29) is 10.5 Å². The van der Waals surface area contributed by atoms with Crippen molar-refractivity contribution in [3.8, 4) is 0 Å². The lowest BCUT2D eigenvalue weighted by Gasteiger charge is -2.17. The number of aromatic carboxylic acids is 1. The molecule has 0 atom stereocenters. The molecular weight excluding hydrogens is 322 g/mol. The fraction of sp³-hybridized carbons (Fsp3) is 0.267. The fourth-order valence-electron chi connectivity index (χ4n) is 2.01. The normalized spacial score (nSPS) is 11.8. The van der Waals surface area contributed by atoms with E-state index in [1.165, 1.54) is 29.6 Å². The van der Waals surface area contributed by atoms with Crippen molar-refractivity contribution in [3.05, 3.63) is 51.7 Å². The van der Waals surface area contributed by atoms with Crippen molar-refractivity contribution >= 4 is 27.3 Å². The van der Waals surface area contributed by atoms with Crippen LogP contribution in [0, 0.1) is 6.92 Å². The summed E-state index contributed by atoms with van der Waals surface area (Å²) in [6.07, 6.45) is 0.630. The van der Waals surface area contributed by atoms with Gasteiger partial charge in [-0.25, -0.2) is 17.5 Å². The van der Waals surface area contributed by atoms with Crippen LogP contribution in [0.5, 0.6) is 0 Å². The quantitative estimate of drug-likeness (QED) is 0.878. The predicted octanol–water partition coefficient (Wildman–Crippen LogP) is 2.62. The first-order chi connectivity index (χ1) is 10.3. The van der Waals surface area contributed by atoms with Crippen LogP contribution < -0.4 is 0 Å². The second-order valence-corrected chi connectivity index (χ2v) is 8.01. The Bertz CT molecular complexity index is 767. The average Bonchev–Trinajstić information content (AvgIpc) is 2.97. The van der Waals surface area contributed by atoms with Gasteiger partial charge in [0.05, 0.1) is 10.5 Å². The maximum absolute atomic E-state index is 12.5. The van der Waals surface area contributed by atoms with E-state index in [4.69, 9.17) is 5.11 Å². The van der Waals surface area contributed by atoms with Crippen LogP contribution in [-0.2, 0) is 16.4 Å². The third-order valence-electron chi connectivity index (χ3n) is 3.40. The smallest absolute Gasteiger partial charge is 0.335 e. The molecule has 5 nitrogen and oxygen atoms in total. The molecule has 1 heterocycles. The van der Waals surface area contributed by atoms with Crippen molar-refractivity contribution in [2.45, 2.75) is 18.2 Å². The standard InChI is InChI=1S/C15H17NO4S2/c1-11-5-6-13(10-14(11)15(17)18)22(19,20)16(2)8-7-12-4-3-9-21-12/h3-6,9-10H,7-8H2,1-2H3,(H,17,18). The molecule has 7 heteroatoms. The van der Waals surface area contributed by atoms with Gasteiger partial charge in [0.1, 0.15) is 0 Å². The topological polar surface area (TPSA) is 74.7 Å². The zero-order chi connectivity index (χ0) is 16.3. The number of carboxylic acids is 1. The Kier molecular flexibility index (Phi) is 5.00. The summed E-state index contributed by atoms with van der Waals surface area (Å²) in [6, 6.07) is 8.06. The number of carbonyl (C=O) groups is 1. The van der Waals surface area contributed by atoms with Crippen LogP contribution in [0.25, 0.3) is 0 Å². The van der Waals surface area contributed by atoms with Gasteiger partial charge in [-0.15, -0.1) is 11.3 Å². The molecule has 2 aromatic rings. The number of hydrogen-bond donors (Lipinski definition) is 1. The summed E-state index contributed by atoms with van der Waals surface area (Å²) >= 11 is 1.58. The van der Waals surface area contributed by atoms with Gasteiger partial charge < -0.3 is 5.11 Å². The van der Waals surface area contributed by atoms with Crippen LogP contribution in [0.3, 0.4) is 0 Å². The van der Waals surface area contributed by atoms with E-state index in [0.29, 0.717) is 18.5 Å². The lowest BCUT2D eigenvalue weighted by molar-refractivity contribution is 0.0696. The molecule has 1 aromatic heterocycles. The maximum atomic E-state index is 12.5. The summed E-state index contributed by atoms with van der Waals surface area (Å²) in [5.41, 5.74) is 0.542. The highest BCUT2D eigenvalue weighted by atomic mass is 32.2. The van der Waals surface area contributed by atoms with Gasteiger partial charge in [-0.05, 0) is 42.5 Å². The molecule has 0 bridgehead atoms.